The van der Waals surface area contributed by atoms with Crippen LogP contribution in [0.1, 0.15) is 26.7 Å². The fourth-order valence-corrected chi connectivity index (χ4v) is 1.76. The SMILES string of the molecule is C=C(C)C(=O)OCCOCCOCCOCCOCCOCCOCCCC. The Balaban J connectivity index is 3.05. The first-order chi connectivity index (χ1) is 13.7. The van der Waals surface area contributed by atoms with E-state index in [9.17, 15) is 4.79 Å². The third-order valence-corrected chi connectivity index (χ3v) is 3.31. The molecule has 0 bridgehead atoms. The van der Waals surface area contributed by atoms with Gasteiger partial charge in [-0.15, -0.1) is 0 Å². The lowest BCUT2D eigenvalue weighted by Gasteiger charge is -2.08. The molecule has 0 aliphatic carbocycles. The van der Waals surface area contributed by atoms with E-state index in [1.54, 1.807) is 6.92 Å². The molecule has 166 valence electrons. The summed E-state index contributed by atoms with van der Waals surface area (Å²) < 4.78 is 37.1. The van der Waals surface area contributed by atoms with Crippen molar-refractivity contribution < 1.29 is 38.0 Å². The van der Waals surface area contributed by atoms with Crippen LogP contribution in [0.5, 0.6) is 0 Å². The van der Waals surface area contributed by atoms with Crippen molar-refractivity contribution >= 4 is 5.97 Å². The number of hydrogen-bond acceptors (Lipinski definition) is 8. The molecule has 0 aromatic carbocycles. The highest BCUT2D eigenvalue weighted by atomic mass is 16.6. The molecule has 8 heteroatoms. The van der Waals surface area contributed by atoms with Crippen LogP contribution in [0.4, 0.5) is 0 Å². The van der Waals surface area contributed by atoms with E-state index >= 15 is 0 Å². The first kappa shape index (κ1) is 27.0. The van der Waals surface area contributed by atoms with Crippen LogP contribution in [0.2, 0.25) is 0 Å². The lowest BCUT2D eigenvalue weighted by molar-refractivity contribution is -0.140. The van der Waals surface area contributed by atoms with Crippen LogP contribution in [0, 0.1) is 0 Å². The molecule has 0 N–H and O–H groups in total. The van der Waals surface area contributed by atoms with Gasteiger partial charge >= 0.3 is 5.97 Å². The van der Waals surface area contributed by atoms with Gasteiger partial charge in [0, 0.05) is 12.2 Å². The van der Waals surface area contributed by atoms with Gasteiger partial charge in [-0.25, -0.2) is 4.79 Å². The highest BCUT2D eigenvalue weighted by Crippen LogP contribution is 1.92. The van der Waals surface area contributed by atoms with E-state index in [1.165, 1.54) is 0 Å². The highest BCUT2D eigenvalue weighted by molar-refractivity contribution is 5.86. The molecule has 0 unspecified atom stereocenters. The molecule has 0 rings (SSSR count). The summed E-state index contributed by atoms with van der Waals surface area (Å²) >= 11 is 0. The molecule has 0 aromatic rings. The quantitative estimate of drug-likeness (QED) is 0.153. The van der Waals surface area contributed by atoms with Crippen LogP contribution in [0.15, 0.2) is 12.2 Å². The molecule has 8 nitrogen and oxygen atoms in total. The molecule has 0 amide bonds. The maximum absolute atomic E-state index is 11.1. The third-order valence-electron chi connectivity index (χ3n) is 3.31. The Morgan fingerprint density at radius 2 is 0.929 bits per heavy atom. The van der Waals surface area contributed by atoms with Crippen molar-refractivity contribution in [3.05, 3.63) is 12.2 Å². The van der Waals surface area contributed by atoms with Crippen LogP contribution in [0.3, 0.4) is 0 Å². The summed E-state index contributed by atoms with van der Waals surface area (Å²) in [5, 5.41) is 0. The van der Waals surface area contributed by atoms with E-state index in [4.69, 9.17) is 33.2 Å². The minimum atomic E-state index is -0.402. The number of carbonyl (C=O) groups excluding carboxylic acids is 1. The molecular formula is C20H38O8. The molecule has 0 aromatic heterocycles. The molecular weight excluding hydrogens is 368 g/mol. The smallest absolute Gasteiger partial charge is 0.333 e. The van der Waals surface area contributed by atoms with Crippen LogP contribution in [0.25, 0.3) is 0 Å². The molecule has 0 heterocycles. The Morgan fingerprint density at radius 3 is 1.25 bits per heavy atom. The fraction of sp³-hybridized carbons (Fsp3) is 0.850. The largest absolute Gasteiger partial charge is 0.460 e. The average Bonchev–Trinajstić information content (AvgIpc) is 2.68. The van der Waals surface area contributed by atoms with Crippen LogP contribution < -0.4 is 0 Å². The molecule has 0 atom stereocenters. The van der Waals surface area contributed by atoms with Gasteiger partial charge in [0.05, 0.1) is 72.7 Å². The number of unbranched alkanes of at least 4 members (excludes halogenated alkanes) is 1. The number of ether oxygens (including phenoxy) is 7. The van der Waals surface area contributed by atoms with E-state index < -0.39 is 5.97 Å². The zero-order chi connectivity index (χ0) is 20.7. The highest BCUT2D eigenvalue weighted by Gasteiger charge is 2.01. The normalized spacial score (nSPS) is 10.9. The average molecular weight is 407 g/mol. The van der Waals surface area contributed by atoms with Gasteiger partial charge in [-0.3, -0.25) is 0 Å². The van der Waals surface area contributed by atoms with E-state index in [1.807, 2.05) is 0 Å². The van der Waals surface area contributed by atoms with Crippen molar-refractivity contribution in [2.24, 2.45) is 0 Å². The van der Waals surface area contributed by atoms with E-state index in [-0.39, 0.29) is 6.61 Å². The molecule has 0 spiro atoms. The molecule has 0 fully saturated rings. The Hall–Kier alpha value is -1.03. The molecule has 0 saturated heterocycles. The van der Waals surface area contributed by atoms with Gasteiger partial charge in [-0.2, -0.15) is 0 Å². The minimum Gasteiger partial charge on any atom is -0.460 e. The number of esters is 1. The second kappa shape index (κ2) is 22.3. The van der Waals surface area contributed by atoms with Gasteiger partial charge in [-0.05, 0) is 13.3 Å². The predicted molar refractivity (Wildman–Crippen MR) is 106 cm³/mol. The molecule has 0 radical (unpaired) electrons. The second-order valence-corrected chi connectivity index (χ2v) is 5.94. The van der Waals surface area contributed by atoms with Gasteiger partial charge in [0.1, 0.15) is 6.61 Å². The molecule has 0 saturated carbocycles. The molecule has 0 aliphatic heterocycles. The lowest BCUT2D eigenvalue weighted by Crippen LogP contribution is -2.15. The van der Waals surface area contributed by atoms with Crippen molar-refractivity contribution in [3.8, 4) is 0 Å². The lowest BCUT2D eigenvalue weighted by atomic mass is 10.4. The zero-order valence-corrected chi connectivity index (χ0v) is 17.6. The topological polar surface area (TPSA) is 81.7 Å². The Kier molecular flexibility index (Phi) is 21.4. The van der Waals surface area contributed by atoms with Crippen molar-refractivity contribution in [2.75, 3.05) is 85.9 Å². The Bertz CT molecular complexity index is 362. The summed E-state index contributed by atoms with van der Waals surface area (Å²) in [5.74, 6) is -0.402. The zero-order valence-electron chi connectivity index (χ0n) is 17.6. The fourth-order valence-electron chi connectivity index (χ4n) is 1.76. The van der Waals surface area contributed by atoms with Crippen molar-refractivity contribution in [1.29, 1.82) is 0 Å². The summed E-state index contributed by atoms with van der Waals surface area (Å²) in [7, 11) is 0. The molecule has 28 heavy (non-hydrogen) atoms. The van der Waals surface area contributed by atoms with Crippen LogP contribution >= 0.6 is 0 Å². The van der Waals surface area contributed by atoms with E-state index in [0.717, 1.165) is 19.4 Å². The predicted octanol–water partition coefficient (Wildman–Crippen LogP) is 2.01. The van der Waals surface area contributed by atoms with E-state index in [0.29, 0.717) is 78.2 Å². The Morgan fingerprint density at radius 1 is 0.607 bits per heavy atom. The summed E-state index contributed by atoms with van der Waals surface area (Å²) in [4.78, 5) is 11.1. The van der Waals surface area contributed by atoms with Gasteiger partial charge in [0.2, 0.25) is 0 Å². The first-order valence-electron chi connectivity index (χ1n) is 9.97. The number of carbonyl (C=O) groups is 1. The monoisotopic (exact) mass is 406 g/mol. The van der Waals surface area contributed by atoms with Crippen LogP contribution in [-0.4, -0.2) is 91.9 Å². The maximum Gasteiger partial charge on any atom is 0.333 e. The maximum atomic E-state index is 11.1. The van der Waals surface area contributed by atoms with Crippen LogP contribution in [-0.2, 0) is 38.0 Å². The summed E-state index contributed by atoms with van der Waals surface area (Å²) in [6.07, 6.45) is 2.24. The van der Waals surface area contributed by atoms with Gasteiger partial charge < -0.3 is 33.2 Å². The first-order valence-corrected chi connectivity index (χ1v) is 9.97. The number of rotatable bonds is 22. The molecule has 0 aliphatic rings. The summed E-state index contributed by atoms with van der Waals surface area (Å²) in [6.45, 7) is 13.9. The third kappa shape index (κ3) is 21.3. The van der Waals surface area contributed by atoms with Gasteiger partial charge in [0.15, 0.2) is 0 Å². The number of hydrogen-bond donors (Lipinski definition) is 0. The summed E-state index contributed by atoms with van der Waals surface area (Å²) in [6, 6.07) is 0. The second-order valence-electron chi connectivity index (χ2n) is 5.94. The van der Waals surface area contributed by atoms with E-state index in [2.05, 4.69) is 13.5 Å². The summed E-state index contributed by atoms with van der Waals surface area (Å²) in [5.41, 5.74) is 0.380. The van der Waals surface area contributed by atoms with Crippen molar-refractivity contribution in [3.63, 3.8) is 0 Å². The standard InChI is InChI=1S/C20H38O8/c1-4-5-6-22-7-8-23-9-10-24-11-12-25-13-14-26-15-16-27-17-18-28-20(21)19(2)3/h2,4-18H2,1,3H3. The Labute approximate surface area is 169 Å². The minimum absolute atomic E-state index is 0.215. The van der Waals surface area contributed by atoms with Crippen molar-refractivity contribution in [2.45, 2.75) is 26.7 Å². The van der Waals surface area contributed by atoms with Gasteiger partial charge in [-0.1, -0.05) is 19.9 Å². The van der Waals surface area contributed by atoms with Crippen molar-refractivity contribution in [1.82, 2.24) is 0 Å². The van der Waals surface area contributed by atoms with Gasteiger partial charge in [0.25, 0.3) is 0 Å².